The van der Waals surface area contributed by atoms with Crippen molar-refractivity contribution in [2.45, 2.75) is 39.3 Å². The lowest BCUT2D eigenvalue weighted by molar-refractivity contribution is -0.127. The highest BCUT2D eigenvalue weighted by Gasteiger charge is 2.46. The lowest BCUT2D eigenvalue weighted by Gasteiger charge is -2.34. The van der Waals surface area contributed by atoms with Gasteiger partial charge in [-0.2, -0.15) is 0 Å². The normalized spacial score (nSPS) is 14.5. The van der Waals surface area contributed by atoms with E-state index in [2.05, 4.69) is 40.1 Å². The molecule has 10 heteroatoms. The molecule has 1 aromatic heterocycles. The molecule has 0 bridgehead atoms. The number of aromatic nitrogens is 1. The summed E-state index contributed by atoms with van der Waals surface area (Å²) in [5, 5.41) is 0.956. The maximum atomic E-state index is 14.4. The fourth-order valence-electron chi connectivity index (χ4n) is 6.63. The SMILES string of the molecule is COc1cc(C(=O)NNC(=O)C(CC(C)C)N2C(=O)c3ccccc3C2c2c(-c3ccc(C)cc3)[nH]c3ccccc23)cc(OC)c1OC. The van der Waals surface area contributed by atoms with Crippen LogP contribution in [-0.4, -0.2) is 55.0 Å². The average Bonchev–Trinajstić information content (AvgIpc) is 3.63. The topological polar surface area (TPSA) is 122 Å². The van der Waals surface area contributed by atoms with Crippen molar-refractivity contribution >= 4 is 28.6 Å². The number of methoxy groups -OCH3 is 3. The van der Waals surface area contributed by atoms with Crippen molar-refractivity contribution in [3.05, 3.63) is 113 Å². The Morgan fingerprint density at radius 2 is 1.51 bits per heavy atom. The van der Waals surface area contributed by atoms with E-state index in [1.807, 2.05) is 69.3 Å². The van der Waals surface area contributed by atoms with Gasteiger partial charge in [0.05, 0.1) is 33.1 Å². The fourth-order valence-corrected chi connectivity index (χ4v) is 6.63. The first-order valence-electron chi connectivity index (χ1n) is 16.2. The predicted molar refractivity (Wildman–Crippen MR) is 188 cm³/mol. The summed E-state index contributed by atoms with van der Waals surface area (Å²) < 4.78 is 16.2. The van der Waals surface area contributed by atoms with E-state index in [1.54, 1.807) is 4.90 Å². The number of H-pyrrole nitrogens is 1. The lowest BCUT2D eigenvalue weighted by Crippen LogP contribution is -2.53. The number of benzene rings is 4. The van der Waals surface area contributed by atoms with Gasteiger partial charge in [0.1, 0.15) is 6.04 Å². The molecule has 5 aromatic rings. The molecule has 6 rings (SSSR count). The number of hydrogen-bond acceptors (Lipinski definition) is 6. The van der Waals surface area contributed by atoms with Crippen LogP contribution in [0, 0.1) is 12.8 Å². The number of para-hydroxylation sites is 1. The van der Waals surface area contributed by atoms with Gasteiger partial charge in [-0.15, -0.1) is 0 Å². The van der Waals surface area contributed by atoms with Gasteiger partial charge in [0.25, 0.3) is 17.7 Å². The third-order valence-electron chi connectivity index (χ3n) is 8.92. The average molecular weight is 661 g/mol. The van der Waals surface area contributed by atoms with E-state index in [4.69, 9.17) is 14.2 Å². The summed E-state index contributed by atoms with van der Waals surface area (Å²) in [7, 11) is 4.38. The first kappa shape index (κ1) is 33.1. The zero-order chi connectivity index (χ0) is 34.8. The monoisotopic (exact) mass is 660 g/mol. The van der Waals surface area contributed by atoms with Crippen LogP contribution in [0.5, 0.6) is 17.2 Å². The molecule has 0 spiro atoms. The van der Waals surface area contributed by atoms with Crippen molar-refractivity contribution in [2.24, 2.45) is 5.92 Å². The number of aryl methyl sites for hydroxylation is 1. The maximum absolute atomic E-state index is 14.4. The summed E-state index contributed by atoms with van der Waals surface area (Å²) in [5.41, 5.74) is 11.5. The second-order valence-corrected chi connectivity index (χ2v) is 12.5. The van der Waals surface area contributed by atoms with E-state index >= 15 is 0 Å². The van der Waals surface area contributed by atoms with Crippen molar-refractivity contribution in [2.75, 3.05) is 21.3 Å². The molecule has 3 amide bonds. The van der Waals surface area contributed by atoms with Crippen LogP contribution in [0.25, 0.3) is 22.2 Å². The fraction of sp³-hybridized carbons (Fsp3) is 0.256. The number of rotatable bonds is 10. The molecule has 0 aliphatic carbocycles. The van der Waals surface area contributed by atoms with Crippen LogP contribution in [0.3, 0.4) is 0 Å². The van der Waals surface area contributed by atoms with Crippen LogP contribution < -0.4 is 25.1 Å². The Labute approximate surface area is 285 Å². The number of carbonyl (C=O) groups is 3. The number of fused-ring (bicyclic) bond motifs is 2. The van der Waals surface area contributed by atoms with E-state index < -0.39 is 23.9 Å². The molecular weight excluding hydrogens is 620 g/mol. The van der Waals surface area contributed by atoms with Crippen molar-refractivity contribution in [1.82, 2.24) is 20.7 Å². The first-order valence-corrected chi connectivity index (χ1v) is 16.2. The molecule has 0 saturated carbocycles. The number of ether oxygens (including phenoxy) is 3. The quantitative estimate of drug-likeness (QED) is 0.145. The Hall–Kier alpha value is -5.77. The molecule has 1 aliphatic rings. The number of hydrazine groups is 1. The number of nitrogens with zero attached hydrogens (tertiary/aromatic N) is 1. The van der Waals surface area contributed by atoms with E-state index in [0.717, 1.165) is 38.9 Å². The molecule has 49 heavy (non-hydrogen) atoms. The predicted octanol–water partition coefficient (Wildman–Crippen LogP) is 6.59. The smallest absolute Gasteiger partial charge is 0.269 e. The molecule has 2 heterocycles. The second-order valence-electron chi connectivity index (χ2n) is 12.5. The Kier molecular flexibility index (Phi) is 9.31. The molecule has 2 unspecified atom stereocenters. The number of carbonyl (C=O) groups excluding carboxylic acids is 3. The van der Waals surface area contributed by atoms with Gasteiger partial charge < -0.3 is 24.1 Å². The third-order valence-corrected chi connectivity index (χ3v) is 8.92. The zero-order valence-electron chi connectivity index (χ0n) is 28.4. The van der Waals surface area contributed by atoms with E-state index in [1.165, 1.54) is 33.5 Å². The molecule has 4 aromatic carbocycles. The number of nitrogens with one attached hydrogen (secondary N) is 3. The molecule has 252 valence electrons. The van der Waals surface area contributed by atoms with Crippen molar-refractivity contribution < 1.29 is 28.6 Å². The molecule has 3 N–H and O–H groups in total. The Morgan fingerprint density at radius 1 is 0.857 bits per heavy atom. The summed E-state index contributed by atoms with van der Waals surface area (Å²) >= 11 is 0. The molecule has 10 nitrogen and oxygen atoms in total. The van der Waals surface area contributed by atoms with Gasteiger partial charge in [-0.1, -0.05) is 80.1 Å². The van der Waals surface area contributed by atoms with Gasteiger partial charge >= 0.3 is 0 Å². The summed E-state index contributed by atoms with van der Waals surface area (Å²) in [6.45, 7) is 6.04. The number of aromatic amines is 1. The minimum Gasteiger partial charge on any atom is -0.493 e. The van der Waals surface area contributed by atoms with Gasteiger partial charge in [-0.05, 0) is 54.7 Å². The van der Waals surface area contributed by atoms with Gasteiger partial charge in [0.2, 0.25) is 5.75 Å². The van der Waals surface area contributed by atoms with Crippen LogP contribution in [0.15, 0.2) is 84.9 Å². The lowest BCUT2D eigenvalue weighted by atomic mass is 9.91. The zero-order valence-corrected chi connectivity index (χ0v) is 28.4. The summed E-state index contributed by atoms with van der Waals surface area (Å²) in [5.74, 6) is -0.400. The van der Waals surface area contributed by atoms with Gasteiger partial charge in [0, 0.05) is 27.6 Å². The molecule has 0 radical (unpaired) electrons. The van der Waals surface area contributed by atoms with Gasteiger partial charge in [0.15, 0.2) is 11.5 Å². The summed E-state index contributed by atoms with van der Waals surface area (Å²) in [4.78, 5) is 47.3. The van der Waals surface area contributed by atoms with Crippen molar-refractivity contribution in [3.63, 3.8) is 0 Å². The van der Waals surface area contributed by atoms with Crippen LogP contribution in [0.2, 0.25) is 0 Å². The number of amides is 3. The third kappa shape index (κ3) is 6.17. The Morgan fingerprint density at radius 3 is 2.16 bits per heavy atom. The van der Waals surface area contributed by atoms with Crippen LogP contribution in [0.4, 0.5) is 0 Å². The van der Waals surface area contributed by atoms with Crippen molar-refractivity contribution in [1.29, 1.82) is 0 Å². The van der Waals surface area contributed by atoms with Crippen LogP contribution in [-0.2, 0) is 4.79 Å². The Bertz CT molecular complexity index is 2010. The van der Waals surface area contributed by atoms with E-state index in [9.17, 15) is 14.4 Å². The molecule has 0 saturated heterocycles. The summed E-state index contributed by atoms with van der Waals surface area (Å²) in [6, 6.07) is 25.2. The molecule has 2 atom stereocenters. The molecular formula is C39H40N4O6. The van der Waals surface area contributed by atoms with E-state index in [-0.39, 0.29) is 17.4 Å². The summed E-state index contributed by atoms with van der Waals surface area (Å²) in [6.07, 6.45) is 0.352. The largest absolute Gasteiger partial charge is 0.493 e. The van der Waals surface area contributed by atoms with E-state index in [0.29, 0.717) is 29.2 Å². The van der Waals surface area contributed by atoms with Crippen LogP contribution >= 0.6 is 0 Å². The highest BCUT2D eigenvalue weighted by atomic mass is 16.5. The minimum atomic E-state index is -0.926. The molecule has 0 fully saturated rings. The van der Waals surface area contributed by atoms with Gasteiger partial charge in [-0.3, -0.25) is 25.2 Å². The highest BCUT2D eigenvalue weighted by Crippen LogP contribution is 2.47. The first-order chi connectivity index (χ1) is 23.7. The minimum absolute atomic E-state index is 0.0401. The van der Waals surface area contributed by atoms with Crippen molar-refractivity contribution in [3.8, 4) is 28.5 Å². The van der Waals surface area contributed by atoms with Gasteiger partial charge in [-0.25, -0.2) is 0 Å². The Balaban J connectivity index is 1.41. The maximum Gasteiger partial charge on any atom is 0.269 e. The molecule has 1 aliphatic heterocycles. The second kappa shape index (κ2) is 13.8. The number of hydrogen-bond donors (Lipinski definition) is 3. The standard InChI is InChI=1S/C39H40N4O6/c1-22(2)19-30(38(45)42-41-37(44)25-20-31(47-4)36(49-6)32(21-25)48-5)43-35(26-11-7-8-12-27(26)39(43)46)33-28-13-9-10-14-29(28)40-34(33)24-17-15-23(3)16-18-24/h7-18,20-22,30,35,40H,19H2,1-6H3,(H,41,44)(H,42,45). The van der Waals surface area contributed by atoms with Crippen LogP contribution in [0.1, 0.15) is 63.7 Å². The highest BCUT2D eigenvalue weighted by molar-refractivity contribution is 6.05.